The summed E-state index contributed by atoms with van der Waals surface area (Å²) in [7, 11) is 0. The first-order chi connectivity index (χ1) is 9.95. The molecule has 1 aromatic heterocycles. The van der Waals surface area contributed by atoms with Gasteiger partial charge in [0, 0.05) is 16.2 Å². The second-order valence-electron chi connectivity index (χ2n) is 4.39. The number of aromatic nitrogens is 2. The van der Waals surface area contributed by atoms with Crippen molar-refractivity contribution in [3.63, 3.8) is 0 Å². The molecule has 0 atom stereocenters. The third kappa shape index (κ3) is 4.16. The summed E-state index contributed by atoms with van der Waals surface area (Å²) in [5, 5.41) is 8.74. The van der Waals surface area contributed by atoms with Gasteiger partial charge in [0.1, 0.15) is 11.6 Å². The zero-order valence-corrected chi connectivity index (χ0v) is 12.0. The van der Waals surface area contributed by atoms with Crippen LogP contribution in [0.4, 0.5) is 4.39 Å². The van der Waals surface area contributed by atoms with Gasteiger partial charge in [0.15, 0.2) is 0 Å². The molecule has 1 heterocycles. The lowest BCUT2D eigenvalue weighted by Gasteiger charge is -2.06. The molecule has 21 heavy (non-hydrogen) atoms. The number of thioether (sulfide) groups is 1. The van der Waals surface area contributed by atoms with Crippen LogP contribution in [0.2, 0.25) is 0 Å². The molecule has 2 rings (SSSR count). The fraction of sp³-hybridized carbons (Fsp3) is 0.214. The maximum Gasteiger partial charge on any atom is 0.308 e. The average Bonchev–Trinajstić information content (AvgIpc) is 2.40. The minimum Gasteiger partial charge on any atom is -0.481 e. The van der Waals surface area contributed by atoms with Crippen LogP contribution in [0, 0.1) is 12.7 Å². The van der Waals surface area contributed by atoms with Gasteiger partial charge < -0.3 is 10.1 Å². The minimum absolute atomic E-state index is 0.155. The van der Waals surface area contributed by atoms with E-state index in [1.165, 1.54) is 23.9 Å². The average molecular weight is 308 g/mol. The van der Waals surface area contributed by atoms with E-state index in [0.717, 1.165) is 4.90 Å². The first-order valence-electron chi connectivity index (χ1n) is 6.14. The quantitative estimate of drug-likeness (QED) is 0.827. The van der Waals surface area contributed by atoms with Crippen LogP contribution in [0.3, 0.4) is 0 Å². The minimum atomic E-state index is -1.08. The summed E-state index contributed by atoms with van der Waals surface area (Å²) in [6, 6.07) is 6.12. The number of aromatic amines is 1. The Bertz CT molecular complexity index is 730. The van der Waals surface area contributed by atoms with E-state index in [1.807, 2.05) is 0 Å². The van der Waals surface area contributed by atoms with E-state index >= 15 is 0 Å². The largest absolute Gasteiger partial charge is 0.481 e. The van der Waals surface area contributed by atoms with Gasteiger partial charge in [-0.2, -0.15) is 0 Å². The first kappa shape index (κ1) is 15.2. The molecule has 0 amide bonds. The molecule has 5 nitrogen and oxygen atoms in total. The van der Waals surface area contributed by atoms with Crippen LogP contribution in [-0.4, -0.2) is 21.0 Å². The molecule has 2 aromatic rings. The molecule has 1 aromatic carbocycles. The molecule has 0 saturated heterocycles. The first-order valence-corrected chi connectivity index (χ1v) is 7.13. The van der Waals surface area contributed by atoms with E-state index < -0.39 is 11.5 Å². The van der Waals surface area contributed by atoms with Crippen LogP contribution in [0.25, 0.3) is 0 Å². The van der Waals surface area contributed by atoms with Gasteiger partial charge in [0.05, 0.1) is 12.2 Å². The van der Waals surface area contributed by atoms with Crippen LogP contribution >= 0.6 is 11.8 Å². The van der Waals surface area contributed by atoms with Crippen molar-refractivity contribution in [2.45, 2.75) is 24.0 Å². The van der Waals surface area contributed by atoms with Crippen LogP contribution in [0.5, 0.6) is 0 Å². The highest BCUT2D eigenvalue weighted by Gasteiger charge is 2.11. The molecule has 7 heteroatoms. The smallest absolute Gasteiger partial charge is 0.308 e. The van der Waals surface area contributed by atoms with Crippen LogP contribution in [-0.2, 0) is 17.0 Å². The lowest BCUT2D eigenvalue weighted by atomic mass is 10.2. The summed E-state index contributed by atoms with van der Waals surface area (Å²) in [5.41, 5.74) is 0.109. The third-order valence-corrected chi connectivity index (χ3v) is 3.78. The van der Waals surface area contributed by atoms with Crippen LogP contribution < -0.4 is 5.56 Å². The number of carbonyl (C=O) groups is 1. The molecule has 0 spiro atoms. The van der Waals surface area contributed by atoms with Gasteiger partial charge >= 0.3 is 5.97 Å². The van der Waals surface area contributed by atoms with Crippen molar-refractivity contribution in [1.29, 1.82) is 0 Å². The summed E-state index contributed by atoms with van der Waals surface area (Å²) in [6.45, 7) is 1.60. The number of carboxylic acid groups (broad SMARTS) is 1. The maximum absolute atomic E-state index is 13.1. The number of carboxylic acids is 1. The fourth-order valence-electron chi connectivity index (χ4n) is 1.80. The summed E-state index contributed by atoms with van der Waals surface area (Å²) in [5.74, 6) is -0.602. The number of nitrogens with zero attached hydrogens (tertiary/aromatic N) is 1. The van der Waals surface area contributed by atoms with E-state index in [2.05, 4.69) is 9.97 Å². The number of H-pyrrole nitrogens is 1. The van der Waals surface area contributed by atoms with Crippen molar-refractivity contribution in [2.24, 2.45) is 0 Å². The Morgan fingerprint density at radius 2 is 2.24 bits per heavy atom. The highest BCUT2D eigenvalue weighted by atomic mass is 32.2. The lowest BCUT2D eigenvalue weighted by molar-refractivity contribution is -0.136. The van der Waals surface area contributed by atoms with E-state index in [0.29, 0.717) is 17.3 Å². The van der Waals surface area contributed by atoms with Gasteiger partial charge in [0.25, 0.3) is 5.56 Å². The molecule has 0 unspecified atom stereocenters. The second-order valence-corrected chi connectivity index (χ2v) is 5.44. The van der Waals surface area contributed by atoms with Crippen molar-refractivity contribution in [1.82, 2.24) is 9.97 Å². The topological polar surface area (TPSA) is 83.0 Å². The van der Waals surface area contributed by atoms with E-state index in [4.69, 9.17) is 5.11 Å². The molecule has 0 aliphatic heterocycles. The normalized spacial score (nSPS) is 10.6. The number of rotatable bonds is 5. The van der Waals surface area contributed by atoms with Gasteiger partial charge in [-0.1, -0.05) is 6.07 Å². The van der Waals surface area contributed by atoms with Crippen molar-refractivity contribution < 1.29 is 14.3 Å². The van der Waals surface area contributed by atoms with Gasteiger partial charge in [-0.25, -0.2) is 9.37 Å². The van der Waals surface area contributed by atoms with E-state index in [-0.39, 0.29) is 17.8 Å². The number of nitrogens with one attached hydrogen (secondary N) is 1. The van der Waals surface area contributed by atoms with Crippen LogP contribution in [0.1, 0.15) is 17.1 Å². The Hall–Kier alpha value is -2.15. The predicted octanol–water partition coefficient (Wildman–Crippen LogP) is 2.14. The van der Waals surface area contributed by atoms with Gasteiger partial charge in [-0.05, 0) is 25.1 Å². The van der Waals surface area contributed by atoms with Crippen molar-refractivity contribution in [3.05, 3.63) is 57.5 Å². The predicted molar refractivity (Wildman–Crippen MR) is 76.9 cm³/mol. The summed E-state index contributed by atoms with van der Waals surface area (Å²) in [4.78, 5) is 30.0. The lowest BCUT2D eigenvalue weighted by Crippen LogP contribution is -2.21. The van der Waals surface area contributed by atoms with E-state index in [9.17, 15) is 14.0 Å². The van der Waals surface area contributed by atoms with Gasteiger partial charge in [-0.3, -0.25) is 9.59 Å². The molecule has 0 saturated carbocycles. The summed E-state index contributed by atoms with van der Waals surface area (Å²) >= 11 is 1.34. The SMILES string of the molecule is Cc1nc(CSc2cccc(F)c2)[nH]c(=O)c1CC(=O)O. The number of halogens is 1. The zero-order chi connectivity index (χ0) is 15.4. The number of hydrogen-bond acceptors (Lipinski definition) is 4. The monoisotopic (exact) mass is 308 g/mol. The molecule has 110 valence electrons. The standard InChI is InChI=1S/C14H13FN2O3S/c1-8-11(6-13(18)19)14(20)17-12(16-8)7-21-10-4-2-3-9(15)5-10/h2-5H,6-7H2,1H3,(H,18,19)(H,16,17,20). The Kier molecular flexibility index (Phi) is 4.74. The molecule has 0 bridgehead atoms. The Labute approximate surface area is 124 Å². The molecule has 0 radical (unpaired) electrons. The third-order valence-electron chi connectivity index (χ3n) is 2.77. The van der Waals surface area contributed by atoms with Crippen molar-refractivity contribution in [2.75, 3.05) is 0 Å². The number of aryl methyl sites for hydroxylation is 1. The van der Waals surface area contributed by atoms with Gasteiger partial charge in [-0.15, -0.1) is 11.8 Å². The molecular formula is C14H13FN2O3S. The Morgan fingerprint density at radius 3 is 2.86 bits per heavy atom. The highest BCUT2D eigenvalue weighted by molar-refractivity contribution is 7.98. The molecule has 0 fully saturated rings. The molecular weight excluding hydrogens is 295 g/mol. The molecule has 0 aliphatic rings. The Balaban J connectivity index is 2.15. The molecule has 2 N–H and O–H groups in total. The van der Waals surface area contributed by atoms with E-state index in [1.54, 1.807) is 19.1 Å². The maximum atomic E-state index is 13.1. The van der Waals surface area contributed by atoms with Crippen molar-refractivity contribution >= 4 is 17.7 Å². The number of hydrogen-bond donors (Lipinski definition) is 2. The Morgan fingerprint density at radius 1 is 1.48 bits per heavy atom. The number of aliphatic carboxylic acids is 1. The fourth-order valence-corrected chi connectivity index (χ4v) is 2.62. The van der Waals surface area contributed by atoms with Crippen LogP contribution in [0.15, 0.2) is 34.0 Å². The summed E-state index contributed by atoms with van der Waals surface area (Å²) < 4.78 is 13.1. The zero-order valence-electron chi connectivity index (χ0n) is 11.2. The van der Waals surface area contributed by atoms with Gasteiger partial charge in [0.2, 0.25) is 0 Å². The molecule has 0 aliphatic carbocycles. The second kappa shape index (κ2) is 6.53. The summed E-state index contributed by atoms with van der Waals surface area (Å²) in [6.07, 6.45) is -0.356. The highest BCUT2D eigenvalue weighted by Crippen LogP contribution is 2.21. The van der Waals surface area contributed by atoms with Crippen molar-refractivity contribution in [3.8, 4) is 0 Å². The number of benzene rings is 1.